The molecule has 0 saturated carbocycles. The zero-order valence-corrected chi connectivity index (χ0v) is 15.9. The maximum atomic E-state index is 12.1. The van der Waals surface area contributed by atoms with E-state index < -0.39 is 0 Å². The Morgan fingerprint density at radius 2 is 2.15 bits per heavy atom. The van der Waals surface area contributed by atoms with E-state index >= 15 is 0 Å². The normalized spacial score (nSPS) is 17.6. The monoisotopic (exact) mass is 368 g/mol. The fourth-order valence-electron chi connectivity index (χ4n) is 3.56. The predicted octanol–water partition coefficient (Wildman–Crippen LogP) is 1.90. The Morgan fingerprint density at radius 3 is 2.89 bits per heavy atom. The average molecular weight is 368 g/mol. The SMILES string of the molecule is CCC(=O)N1CCOC(c2ccnc3c(Cn4ccnc4C)c(C)nn23)C1. The van der Waals surface area contributed by atoms with Gasteiger partial charge in [0.1, 0.15) is 11.9 Å². The number of hydrogen-bond acceptors (Lipinski definition) is 5. The van der Waals surface area contributed by atoms with E-state index in [-0.39, 0.29) is 12.0 Å². The molecule has 1 aliphatic heterocycles. The molecule has 0 radical (unpaired) electrons. The van der Waals surface area contributed by atoms with Gasteiger partial charge in [-0.15, -0.1) is 0 Å². The zero-order chi connectivity index (χ0) is 19.0. The van der Waals surface area contributed by atoms with Gasteiger partial charge in [0.05, 0.1) is 31.1 Å². The first-order valence-electron chi connectivity index (χ1n) is 9.28. The minimum Gasteiger partial charge on any atom is -0.368 e. The van der Waals surface area contributed by atoms with Crippen molar-refractivity contribution in [3.8, 4) is 0 Å². The van der Waals surface area contributed by atoms with Crippen molar-refractivity contribution in [2.24, 2.45) is 0 Å². The summed E-state index contributed by atoms with van der Waals surface area (Å²) in [6, 6.07) is 1.93. The highest BCUT2D eigenvalue weighted by Gasteiger charge is 2.27. The average Bonchev–Trinajstić information content (AvgIpc) is 3.24. The number of carbonyl (C=O) groups is 1. The molecular weight excluding hydrogens is 344 g/mol. The van der Waals surface area contributed by atoms with Crippen molar-refractivity contribution < 1.29 is 9.53 Å². The zero-order valence-electron chi connectivity index (χ0n) is 15.9. The van der Waals surface area contributed by atoms with Crippen molar-refractivity contribution in [2.75, 3.05) is 19.7 Å². The summed E-state index contributed by atoms with van der Waals surface area (Å²) in [5, 5.41) is 4.73. The number of morpholine rings is 1. The van der Waals surface area contributed by atoms with Gasteiger partial charge in [0.2, 0.25) is 5.91 Å². The highest BCUT2D eigenvalue weighted by molar-refractivity contribution is 5.75. The van der Waals surface area contributed by atoms with Crippen LogP contribution in [-0.4, -0.2) is 54.7 Å². The van der Waals surface area contributed by atoms with Gasteiger partial charge in [0.15, 0.2) is 5.65 Å². The van der Waals surface area contributed by atoms with Gasteiger partial charge in [-0.3, -0.25) is 4.79 Å². The number of fused-ring (bicyclic) bond motifs is 1. The van der Waals surface area contributed by atoms with E-state index in [1.807, 2.05) is 42.4 Å². The van der Waals surface area contributed by atoms with Crippen LogP contribution in [0.4, 0.5) is 0 Å². The van der Waals surface area contributed by atoms with Crippen LogP contribution in [0.5, 0.6) is 0 Å². The molecule has 0 bridgehead atoms. The molecule has 1 fully saturated rings. The molecule has 0 N–H and O–H groups in total. The van der Waals surface area contributed by atoms with Crippen LogP contribution in [0.25, 0.3) is 5.65 Å². The fraction of sp³-hybridized carbons (Fsp3) is 0.474. The lowest BCUT2D eigenvalue weighted by Gasteiger charge is -2.33. The third kappa shape index (κ3) is 3.21. The Kier molecular flexibility index (Phi) is 4.65. The molecule has 1 unspecified atom stereocenters. The van der Waals surface area contributed by atoms with Crippen LogP contribution in [0.15, 0.2) is 24.7 Å². The summed E-state index contributed by atoms with van der Waals surface area (Å²) in [6.07, 6.45) is 5.85. The van der Waals surface area contributed by atoms with E-state index in [0.29, 0.717) is 32.7 Å². The molecule has 0 aliphatic carbocycles. The molecule has 1 aliphatic rings. The molecule has 142 valence electrons. The van der Waals surface area contributed by atoms with E-state index in [0.717, 1.165) is 28.4 Å². The highest BCUT2D eigenvalue weighted by atomic mass is 16.5. The summed E-state index contributed by atoms with van der Waals surface area (Å²) < 4.78 is 9.92. The van der Waals surface area contributed by atoms with Crippen LogP contribution in [0.3, 0.4) is 0 Å². The standard InChI is InChI=1S/C19H24N6O2/c1-4-18(26)24-9-10-27-17(12-24)16-5-6-21-19-15(13(2)22-25(16)19)11-23-8-7-20-14(23)3/h5-8,17H,4,9-12H2,1-3H3. The maximum absolute atomic E-state index is 12.1. The van der Waals surface area contributed by atoms with Gasteiger partial charge in [-0.1, -0.05) is 6.92 Å². The van der Waals surface area contributed by atoms with E-state index in [2.05, 4.69) is 14.5 Å². The minimum absolute atomic E-state index is 0.154. The largest absolute Gasteiger partial charge is 0.368 e. The molecule has 1 atom stereocenters. The first-order valence-corrected chi connectivity index (χ1v) is 9.28. The van der Waals surface area contributed by atoms with Crippen molar-refractivity contribution in [1.82, 2.24) is 29.0 Å². The van der Waals surface area contributed by atoms with Crippen molar-refractivity contribution in [2.45, 2.75) is 39.8 Å². The molecule has 4 rings (SSSR count). The lowest BCUT2D eigenvalue weighted by atomic mass is 10.2. The lowest BCUT2D eigenvalue weighted by Crippen LogP contribution is -2.42. The number of imidazole rings is 1. The van der Waals surface area contributed by atoms with E-state index in [1.165, 1.54) is 0 Å². The molecule has 3 aromatic heterocycles. The first kappa shape index (κ1) is 17.7. The van der Waals surface area contributed by atoms with Crippen LogP contribution < -0.4 is 0 Å². The lowest BCUT2D eigenvalue weighted by molar-refractivity contribution is -0.138. The van der Waals surface area contributed by atoms with E-state index in [4.69, 9.17) is 9.84 Å². The summed E-state index contributed by atoms with van der Waals surface area (Å²) in [5.41, 5.74) is 3.74. The van der Waals surface area contributed by atoms with Gasteiger partial charge < -0.3 is 14.2 Å². The molecule has 1 saturated heterocycles. The highest BCUT2D eigenvalue weighted by Crippen LogP contribution is 2.25. The summed E-state index contributed by atoms with van der Waals surface area (Å²) in [5.74, 6) is 1.11. The Hall–Kier alpha value is -2.74. The molecule has 1 amide bonds. The van der Waals surface area contributed by atoms with Gasteiger partial charge in [-0.05, 0) is 19.9 Å². The molecule has 3 aromatic rings. The summed E-state index contributed by atoms with van der Waals surface area (Å²) in [4.78, 5) is 22.8. The number of amides is 1. The van der Waals surface area contributed by atoms with Crippen LogP contribution in [0, 0.1) is 13.8 Å². The fourth-order valence-corrected chi connectivity index (χ4v) is 3.56. The van der Waals surface area contributed by atoms with Gasteiger partial charge in [-0.2, -0.15) is 5.10 Å². The maximum Gasteiger partial charge on any atom is 0.222 e. The van der Waals surface area contributed by atoms with Crippen LogP contribution in [0.2, 0.25) is 0 Å². The van der Waals surface area contributed by atoms with Crippen molar-refractivity contribution in [3.63, 3.8) is 0 Å². The number of aryl methyl sites for hydroxylation is 2. The summed E-state index contributed by atoms with van der Waals surface area (Å²) >= 11 is 0. The first-order chi connectivity index (χ1) is 13.1. The van der Waals surface area contributed by atoms with E-state index in [1.54, 1.807) is 12.4 Å². The Bertz CT molecular complexity index is 976. The van der Waals surface area contributed by atoms with Gasteiger partial charge >= 0.3 is 0 Å². The molecule has 0 spiro atoms. The van der Waals surface area contributed by atoms with Gasteiger partial charge in [0.25, 0.3) is 0 Å². The quantitative estimate of drug-likeness (QED) is 0.703. The van der Waals surface area contributed by atoms with Crippen LogP contribution >= 0.6 is 0 Å². The minimum atomic E-state index is -0.207. The molecule has 0 aromatic carbocycles. The number of rotatable bonds is 4. The number of ether oxygens (including phenoxy) is 1. The molecule has 8 nitrogen and oxygen atoms in total. The Labute approximate surface area is 157 Å². The Morgan fingerprint density at radius 1 is 1.30 bits per heavy atom. The Balaban J connectivity index is 1.70. The topological polar surface area (TPSA) is 77.6 Å². The second-order valence-corrected chi connectivity index (χ2v) is 6.82. The molecule has 8 heteroatoms. The number of carbonyl (C=O) groups excluding carboxylic acids is 1. The second kappa shape index (κ2) is 7.11. The van der Waals surface area contributed by atoms with Crippen LogP contribution in [-0.2, 0) is 16.1 Å². The van der Waals surface area contributed by atoms with Gasteiger partial charge in [-0.25, -0.2) is 14.5 Å². The molecule has 4 heterocycles. The predicted molar refractivity (Wildman–Crippen MR) is 99.4 cm³/mol. The van der Waals surface area contributed by atoms with E-state index in [9.17, 15) is 4.79 Å². The molecule has 27 heavy (non-hydrogen) atoms. The molecular formula is C19H24N6O2. The number of hydrogen-bond donors (Lipinski definition) is 0. The van der Waals surface area contributed by atoms with Crippen molar-refractivity contribution >= 4 is 11.6 Å². The number of aromatic nitrogens is 5. The third-order valence-electron chi connectivity index (χ3n) is 5.15. The smallest absolute Gasteiger partial charge is 0.222 e. The van der Waals surface area contributed by atoms with Crippen LogP contribution in [0.1, 0.15) is 42.2 Å². The van der Waals surface area contributed by atoms with Crippen molar-refractivity contribution in [1.29, 1.82) is 0 Å². The second-order valence-electron chi connectivity index (χ2n) is 6.82. The summed E-state index contributed by atoms with van der Waals surface area (Å²) in [7, 11) is 0. The van der Waals surface area contributed by atoms with Crippen molar-refractivity contribution in [3.05, 3.63) is 47.4 Å². The van der Waals surface area contributed by atoms with Gasteiger partial charge in [0, 0.05) is 37.1 Å². The number of nitrogens with zero attached hydrogens (tertiary/aromatic N) is 6. The third-order valence-corrected chi connectivity index (χ3v) is 5.15. The summed E-state index contributed by atoms with van der Waals surface area (Å²) in [6.45, 7) is 8.24.